The molecular weight excluding hydrogens is 356 g/mol. The summed E-state index contributed by atoms with van der Waals surface area (Å²) in [5.74, 6) is 0.218. The van der Waals surface area contributed by atoms with Crippen molar-refractivity contribution in [3.05, 3.63) is 57.7 Å². The minimum atomic E-state index is -0.239. The number of carbonyl (C=O) groups is 1. The van der Waals surface area contributed by atoms with E-state index in [-0.39, 0.29) is 12.5 Å². The van der Waals surface area contributed by atoms with Crippen molar-refractivity contribution in [2.75, 3.05) is 18.5 Å². The van der Waals surface area contributed by atoms with Gasteiger partial charge in [-0.3, -0.25) is 4.79 Å². The molecule has 21 heavy (non-hydrogen) atoms. The summed E-state index contributed by atoms with van der Waals surface area (Å²) in [5, 5.41) is 3.16. The maximum atomic E-state index is 11.7. The van der Waals surface area contributed by atoms with Crippen molar-refractivity contribution in [2.45, 2.75) is 6.42 Å². The van der Waals surface area contributed by atoms with Crippen LogP contribution in [0.25, 0.3) is 0 Å². The molecule has 1 amide bonds. The largest absolute Gasteiger partial charge is 0.371 e. The van der Waals surface area contributed by atoms with E-state index in [1.54, 1.807) is 12.1 Å². The van der Waals surface area contributed by atoms with Crippen LogP contribution in [0, 0.1) is 0 Å². The quantitative estimate of drug-likeness (QED) is 0.790. The number of halogens is 2. The molecule has 0 fully saturated rings. The maximum Gasteiger partial charge on any atom is 0.251 e. The van der Waals surface area contributed by atoms with E-state index in [4.69, 9.17) is 16.3 Å². The number of hydrogen-bond acceptors (Lipinski definition) is 3. The van der Waals surface area contributed by atoms with Gasteiger partial charge >= 0.3 is 0 Å². The molecule has 0 saturated heterocycles. The molecule has 6 heteroatoms. The third-order valence-corrected chi connectivity index (χ3v) is 3.70. The zero-order chi connectivity index (χ0) is 15.1. The molecule has 0 spiro atoms. The Morgan fingerprint density at radius 1 is 1.29 bits per heavy atom. The van der Waals surface area contributed by atoms with Crippen molar-refractivity contribution in [1.82, 2.24) is 4.98 Å². The second-order valence-corrected chi connectivity index (χ2v) is 5.59. The van der Waals surface area contributed by atoms with Crippen LogP contribution in [0.2, 0.25) is 5.02 Å². The summed E-state index contributed by atoms with van der Waals surface area (Å²) in [6.07, 6.45) is 2.22. The predicted octanol–water partition coefficient (Wildman–Crippen LogP) is 3.70. The third kappa shape index (κ3) is 5.46. The Bertz CT molecular complexity index is 605. The second kappa shape index (κ2) is 8.12. The number of anilines is 1. The molecule has 0 aliphatic rings. The second-order valence-electron chi connectivity index (χ2n) is 4.30. The zero-order valence-electron chi connectivity index (χ0n) is 11.2. The minimum Gasteiger partial charge on any atom is -0.371 e. The standard InChI is InChI=1S/C15H14BrClN2O2/c16-13-4-2-1-3-11(13)7-8-21-10-15(20)19-14-6-5-12(17)9-18-14/h1-6,9H,7-8,10H2,(H,18,19,20). The van der Waals surface area contributed by atoms with Gasteiger partial charge in [0.05, 0.1) is 11.6 Å². The summed E-state index contributed by atoms with van der Waals surface area (Å²) in [6, 6.07) is 11.2. The fourth-order valence-corrected chi connectivity index (χ4v) is 2.27. The topological polar surface area (TPSA) is 51.2 Å². The van der Waals surface area contributed by atoms with Crippen molar-refractivity contribution in [1.29, 1.82) is 0 Å². The number of amides is 1. The molecule has 4 nitrogen and oxygen atoms in total. The Labute approximate surface area is 136 Å². The Morgan fingerprint density at radius 3 is 2.81 bits per heavy atom. The maximum absolute atomic E-state index is 11.7. The van der Waals surface area contributed by atoms with Gasteiger partial charge in [-0.1, -0.05) is 45.7 Å². The molecule has 0 radical (unpaired) electrons. The van der Waals surface area contributed by atoms with E-state index in [1.807, 2.05) is 24.3 Å². The highest BCUT2D eigenvalue weighted by molar-refractivity contribution is 9.10. The number of nitrogens with one attached hydrogen (secondary N) is 1. The molecule has 1 aromatic carbocycles. The van der Waals surface area contributed by atoms with Crippen LogP contribution in [0.3, 0.4) is 0 Å². The van der Waals surface area contributed by atoms with Gasteiger partial charge in [0.2, 0.25) is 0 Å². The van der Waals surface area contributed by atoms with Crippen LogP contribution in [0.15, 0.2) is 47.1 Å². The Balaban J connectivity index is 1.70. The van der Waals surface area contributed by atoms with E-state index in [1.165, 1.54) is 6.20 Å². The van der Waals surface area contributed by atoms with Crippen LogP contribution in [0.5, 0.6) is 0 Å². The number of rotatable bonds is 6. The fraction of sp³-hybridized carbons (Fsp3) is 0.200. The molecule has 0 saturated carbocycles. The molecule has 2 aromatic rings. The van der Waals surface area contributed by atoms with Gasteiger partial charge in [-0.05, 0) is 30.2 Å². The number of carbonyl (C=O) groups excluding carboxylic acids is 1. The van der Waals surface area contributed by atoms with Crippen LogP contribution in [0.4, 0.5) is 5.82 Å². The van der Waals surface area contributed by atoms with Gasteiger partial charge in [-0.15, -0.1) is 0 Å². The van der Waals surface area contributed by atoms with E-state index >= 15 is 0 Å². The van der Waals surface area contributed by atoms with Gasteiger partial charge in [0.15, 0.2) is 0 Å². The smallest absolute Gasteiger partial charge is 0.251 e. The van der Waals surface area contributed by atoms with Crippen LogP contribution in [0.1, 0.15) is 5.56 Å². The first-order valence-corrected chi connectivity index (χ1v) is 7.55. The van der Waals surface area contributed by atoms with Crippen molar-refractivity contribution in [2.24, 2.45) is 0 Å². The first-order chi connectivity index (χ1) is 10.1. The number of aromatic nitrogens is 1. The molecular formula is C15H14BrClN2O2. The first kappa shape index (κ1) is 15.9. The molecule has 110 valence electrons. The number of nitrogens with zero attached hydrogens (tertiary/aromatic N) is 1. The third-order valence-electron chi connectivity index (χ3n) is 2.70. The van der Waals surface area contributed by atoms with Crippen LogP contribution < -0.4 is 5.32 Å². The molecule has 0 unspecified atom stereocenters. The van der Waals surface area contributed by atoms with Crippen LogP contribution in [-0.2, 0) is 16.0 Å². The molecule has 1 N–H and O–H groups in total. The molecule has 0 aliphatic carbocycles. The van der Waals surface area contributed by atoms with Crippen molar-refractivity contribution < 1.29 is 9.53 Å². The van der Waals surface area contributed by atoms with E-state index < -0.39 is 0 Å². The summed E-state index contributed by atoms with van der Waals surface area (Å²) in [6.45, 7) is 0.471. The highest BCUT2D eigenvalue weighted by Gasteiger charge is 2.04. The lowest BCUT2D eigenvalue weighted by Gasteiger charge is -2.07. The summed E-state index contributed by atoms with van der Waals surface area (Å²) < 4.78 is 6.41. The normalized spacial score (nSPS) is 10.4. The highest BCUT2D eigenvalue weighted by atomic mass is 79.9. The predicted molar refractivity (Wildman–Crippen MR) is 86.5 cm³/mol. The van der Waals surface area contributed by atoms with Crippen molar-refractivity contribution >= 4 is 39.3 Å². The summed E-state index contributed by atoms with van der Waals surface area (Å²) >= 11 is 9.19. The van der Waals surface area contributed by atoms with Crippen LogP contribution in [-0.4, -0.2) is 24.1 Å². The Kier molecular flexibility index (Phi) is 6.17. The average Bonchev–Trinajstić information content (AvgIpc) is 2.48. The number of ether oxygens (including phenoxy) is 1. The van der Waals surface area contributed by atoms with E-state index in [0.29, 0.717) is 17.4 Å². The lowest BCUT2D eigenvalue weighted by molar-refractivity contribution is -0.120. The van der Waals surface area contributed by atoms with Gasteiger partial charge in [-0.25, -0.2) is 4.98 Å². The monoisotopic (exact) mass is 368 g/mol. The van der Waals surface area contributed by atoms with Gasteiger partial charge in [-0.2, -0.15) is 0 Å². The lowest BCUT2D eigenvalue weighted by Crippen LogP contribution is -2.19. The Morgan fingerprint density at radius 2 is 2.10 bits per heavy atom. The summed E-state index contributed by atoms with van der Waals surface area (Å²) in [7, 11) is 0. The zero-order valence-corrected chi connectivity index (χ0v) is 13.5. The van der Waals surface area contributed by atoms with E-state index in [9.17, 15) is 4.79 Å². The average molecular weight is 370 g/mol. The molecule has 0 aliphatic heterocycles. The van der Waals surface area contributed by atoms with E-state index in [0.717, 1.165) is 16.5 Å². The highest BCUT2D eigenvalue weighted by Crippen LogP contribution is 2.16. The molecule has 1 heterocycles. The summed E-state index contributed by atoms with van der Waals surface area (Å²) in [4.78, 5) is 15.6. The molecule has 1 aromatic heterocycles. The molecule has 2 rings (SSSR count). The number of pyridine rings is 1. The van der Waals surface area contributed by atoms with E-state index in [2.05, 4.69) is 26.2 Å². The number of hydrogen-bond donors (Lipinski definition) is 1. The minimum absolute atomic E-state index is 0.00520. The lowest BCUT2D eigenvalue weighted by atomic mass is 10.2. The SMILES string of the molecule is O=C(COCCc1ccccc1Br)Nc1ccc(Cl)cn1. The fourth-order valence-electron chi connectivity index (χ4n) is 1.68. The van der Waals surface area contributed by atoms with Gasteiger partial charge in [0.1, 0.15) is 12.4 Å². The van der Waals surface area contributed by atoms with Gasteiger partial charge in [0.25, 0.3) is 5.91 Å². The summed E-state index contributed by atoms with van der Waals surface area (Å²) in [5.41, 5.74) is 1.15. The molecule has 0 bridgehead atoms. The van der Waals surface area contributed by atoms with Gasteiger partial charge < -0.3 is 10.1 Å². The van der Waals surface area contributed by atoms with Crippen molar-refractivity contribution in [3.8, 4) is 0 Å². The van der Waals surface area contributed by atoms with Crippen LogP contribution >= 0.6 is 27.5 Å². The Hall–Kier alpha value is -1.43. The first-order valence-electron chi connectivity index (χ1n) is 6.38. The van der Waals surface area contributed by atoms with Gasteiger partial charge in [0, 0.05) is 10.7 Å². The molecule has 0 atom stereocenters. The van der Waals surface area contributed by atoms with Crippen molar-refractivity contribution in [3.63, 3.8) is 0 Å². The number of benzene rings is 1.